The van der Waals surface area contributed by atoms with E-state index in [0.717, 1.165) is 9.79 Å². The van der Waals surface area contributed by atoms with E-state index in [4.69, 9.17) is 4.74 Å². The van der Waals surface area contributed by atoms with E-state index in [1.165, 1.54) is 0 Å². The van der Waals surface area contributed by atoms with Gasteiger partial charge in [-0.25, -0.2) is 0 Å². The fourth-order valence-corrected chi connectivity index (χ4v) is 7.34. The van der Waals surface area contributed by atoms with Crippen LogP contribution in [0.1, 0.15) is 6.42 Å². The van der Waals surface area contributed by atoms with Crippen molar-refractivity contribution >= 4 is 21.6 Å². The van der Waals surface area contributed by atoms with Gasteiger partial charge in [0.1, 0.15) is 6.10 Å². The topological polar surface area (TPSA) is 43.4 Å². The second-order valence-electron chi connectivity index (χ2n) is 4.48. The first-order valence-electron chi connectivity index (χ1n) is 5.50. The van der Waals surface area contributed by atoms with Crippen molar-refractivity contribution in [3.05, 3.63) is 36.4 Å². The van der Waals surface area contributed by atoms with Crippen LogP contribution >= 0.6 is 0 Å². The zero-order valence-corrected chi connectivity index (χ0v) is 10.5. The predicted molar refractivity (Wildman–Crippen MR) is 64.4 cm³/mol. The molecular weight excluding hydrogens is 256 g/mol. The number of rotatable bonds is 0. The fourth-order valence-electron chi connectivity index (χ4n) is 2.83. The second kappa shape index (κ2) is 3.16. The summed E-state index contributed by atoms with van der Waals surface area (Å²) in [4.78, 5) is 1.44. The summed E-state index contributed by atoms with van der Waals surface area (Å²) in [6.45, 7) is 0. The molecule has 0 amide bonds. The summed E-state index contributed by atoms with van der Waals surface area (Å²) in [6, 6.07) is 7.31. The molecular formula is C12H10O3S2. The van der Waals surface area contributed by atoms with Crippen LogP contribution in [0.2, 0.25) is 0 Å². The molecule has 3 heterocycles. The Morgan fingerprint density at radius 2 is 1.76 bits per heavy atom. The molecule has 3 nitrogen and oxygen atoms in total. The SMILES string of the molecule is O=[S@]1c2ccccc2[S@](=O)C12C[C@H]1C=C[C@@H]2O1. The van der Waals surface area contributed by atoms with Crippen LogP contribution in [0, 0.1) is 0 Å². The van der Waals surface area contributed by atoms with Crippen LogP contribution in [0.15, 0.2) is 46.2 Å². The van der Waals surface area contributed by atoms with Gasteiger partial charge in [0, 0.05) is 6.42 Å². The molecule has 3 aliphatic rings. The van der Waals surface area contributed by atoms with Gasteiger partial charge in [0.25, 0.3) is 0 Å². The zero-order chi connectivity index (χ0) is 11.6. The summed E-state index contributed by atoms with van der Waals surface area (Å²) >= 11 is 0. The molecule has 1 aromatic rings. The molecule has 1 fully saturated rings. The van der Waals surface area contributed by atoms with Gasteiger partial charge < -0.3 is 4.74 Å². The molecule has 0 radical (unpaired) electrons. The lowest BCUT2D eigenvalue weighted by molar-refractivity contribution is 0.119. The highest BCUT2D eigenvalue weighted by Crippen LogP contribution is 2.52. The molecule has 1 aromatic carbocycles. The molecule has 1 spiro atoms. The summed E-state index contributed by atoms with van der Waals surface area (Å²) < 4.78 is 30.2. The van der Waals surface area contributed by atoms with Crippen molar-refractivity contribution in [3.63, 3.8) is 0 Å². The normalized spacial score (nSPS) is 40.0. The molecule has 0 unspecified atom stereocenters. The van der Waals surface area contributed by atoms with E-state index >= 15 is 0 Å². The molecule has 0 aliphatic carbocycles. The first-order valence-corrected chi connectivity index (χ1v) is 7.80. The summed E-state index contributed by atoms with van der Waals surface area (Å²) in [5.41, 5.74) is 0. The van der Waals surface area contributed by atoms with Gasteiger partial charge in [-0.1, -0.05) is 24.3 Å². The molecule has 4 rings (SSSR count). The smallest absolute Gasteiger partial charge is 0.162 e. The number of ether oxygens (including phenoxy) is 1. The lowest BCUT2D eigenvalue weighted by atomic mass is 10.1. The number of benzene rings is 1. The van der Waals surface area contributed by atoms with Crippen molar-refractivity contribution in [2.24, 2.45) is 0 Å². The quantitative estimate of drug-likeness (QED) is 0.666. The Balaban J connectivity index is 1.95. The van der Waals surface area contributed by atoms with Crippen LogP contribution in [0.4, 0.5) is 0 Å². The van der Waals surface area contributed by atoms with Gasteiger partial charge in [0.2, 0.25) is 0 Å². The van der Waals surface area contributed by atoms with Crippen LogP contribution < -0.4 is 0 Å². The first kappa shape index (κ1) is 10.2. The monoisotopic (exact) mass is 266 g/mol. The highest BCUT2D eigenvalue weighted by molar-refractivity contribution is 8.07. The summed E-state index contributed by atoms with van der Waals surface area (Å²) in [6.07, 6.45) is 4.22. The van der Waals surface area contributed by atoms with Crippen LogP contribution in [-0.4, -0.2) is 24.7 Å². The van der Waals surface area contributed by atoms with Crippen LogP contribution in [-0.2, 0) is 26.3 Å². The molecule has 2 bridgehead atoms. The Labute approximate surface area is 104 Å². The van der Waals surface area contributed by atoms with Gasteiger partial charge >= 0.3 is 0 Å². The maximum absolute atomic E-state index is 12.6. The number of fused-ring (bicyclic) bond motifs is 4. The first-order chi connectivity index (χ1) is 8.23. The summed E-state index contributed by atoms with van der Waals surface area (Å²) in [5, 5.41) is 0. The van der Waals surface area contributed by atoms with Crippen LogP contribution in [0.5, 0.6) is 0 Å². The summed E-state index contributed by atoms with van der Waals surface area (Å²) in [5.74, 6) is 0. The molecule has 5 heteroatoms. The van der Waals surface area contributed by atoms with E-state index in [-0.39, 0.29) is 12.2 Å². The van der Waals surface area contributed by atoms with E-state index in [1.807, 2.05) is 36.4 Å². The highest BCUT2D eigenvalue weighted by Gasteiger charge is 2.62. The van der Waals surface area contributed by atoms with Gasteiger partial charge in [0.15, 0.2) is 4.08 Å². The highest BCUT2D eigenvalue weighted by atomic mass is 32.2. The predicted octanol–water partition coefficient (Wildman–Crippen LogP) is 1.34. The molecule has 0 aromatic heterocycles. The lowest BCUT2D eigenvalue weighted by Gasteiger charge is -2.25. The number of hydrogen-bond donors (Lipinski definition) is 0. The van der Waals surface area contributed by atoms with Gasteiger partial charge in [-0.3, -0.25) is 8.42 Å². The minimum Gasteiger partial charge on any atom is -0.364 e. The van der Waals surface area contributed by atoms with E-state index in [1.54, 1.807) is 0 Å². The van der Waals surface area contributed by atoms with E-state index in [9.17, 15) is 8.42 Å². The van der Waals surface area contributed by atoms with E-state index < -0.39 is 25.7 Å². The third kappa shape index (κ3) is 1.05. The van der Waals surface area contributed by atoms with Crippen LogP contribution in [0.3, 0.4) is 0 Å². The maximum Gasteiger partial charge on any atom is 0.162 e. The van der Waals surface area contributed by atoms with Gasteiger partial charge in [-0.2, -0.15) is 0 Å². The minimum atomic E-state index is -1.24. The third-order valence-corrected chi connectivity index (χ3v) is 8.22. The molecule has 1 saturated heterocycles. The molecule has 4 atom stereocenters. The van der Waals surface area contributed by atoms with Crippen molar-refractivity contribution in [2.45, 2.75) is 32.5 Å². The van der Waals surface area contributed by atoms with E-state index in [0.29, 0.717) is 6.42 Å². The second-order valence-corrected chi connectivity index (χ2v) is 8.15. The van der Waals surface area contributed by atoms with Crippen molar-refractivity contribution in [1.29, 1.82) is 0 Å². The van der Waals surface area contributed by atoms with Gasteiger partial charge in [-0.05, 0) is 12.1 Å². The average molecular weight is 266 g/mol. The van der Waals surface area contributed by atoms with E-state index in [2.05, 4.69) is 0 Å². The Kier molecular flexibility index (Phi) is 1.89. The fraction of sp³-hybridized carbons (Fsp3) is 0.333. The largest absolute Gasteiger partial charge is 0.364 e. The molecule has 0 saturated carbocycles. The standard InChI is InChI=1S/C12H10O3S2/c13-16-9-3-1-2-4-10(9)17(14)12(16)7-8-5-6-11(12)15-8/h1-6,8,11H,7H2/t8-,11+,16+,17+/m1/s1. The van der Waals surface area contributed by atoms with Gasteiger partial charge in [0.05, 0.1) is 37.5 Å². The molecule has 88 valence electrons. The van der Waals surface area contributed by atoms with Gasteiger partial charge in [-0.15, -0.1) is 0 Å². The maximum atomic E-state index is 12.6. The Bertz CT molecular complexity index is 558. The zero-order valence-electron chi connectivity index (χ0n) is 8.87. The van der Waals surface area contributed by atoms with Crippen molar-refractivity contribution in [2.75, 3.05) is 0 Å². The molecule has 3 aliphatic heterocycles. The third-order valence-electron chi connectivity index (χ3n) is 3.62. The lowest BCUT2D eigenvalue weighted by Crippen LogP contribution is -2.42. The Morgan fingerprint density at radius 3 is 2.24 bits per heavy atom. The Morgan fingerprint density at radius 1 is 1.12 bits per heavy atom. The van der Waals surface area contributed by atoms with Crippen molar-refractivity contribution in [3.8, 4) is 0 Å². The Hall–Kier alpha value is -0.780. The minimum absolute atomic E-state index is 0.0118. The summed E-state index contributed by atoms with van der Waals surface area (Å²) in [7, 11) is -2.48. The average Bonchev–Trinajstić information content (AvgIpc) is 3.01. The van der Waals surface area contributed by atoms with Crippen molar-refractivity contribution < 1.29 is 13.2 Å². The molecule has 0 N–H and O–H groups in total. The van der Waals surface area contributed by atoms with Crippen molar-refractivity contribution in [1.82, 2.24) is 0 Å². The van der Waals surface area contributed by atoms with Crippen LogP contribution in [0.25, 0.3) is 0 Å². The molecule has 17 heavy (non-hydrogen) atoms. The number of hydrogen-bond acceptors (Lipinski definition) is 3.